The predicted octanol–water partition coefficient (Wildman–Crippen LogP) is 2.13. The van der Waals surface area contributed by atoms with E-state index >= 15 is 0 Å². The van der Waals surface area contributed by atoms with Gasteiger partial charge in [0, 0.05) is 6.04 Å². The summed E-state index contributed by atoms with van der Waals surface area (Å²) in [6.07, 6.45) is 1.50. The van der Waals surface area contributed by atoms with Crippen molar-refractivity contribution in [2.45, 2.75) is 18.9 Å². The van der Waals surface area contributed by atoms with E-state index in [-0.39, 0.29) is 17.5 Å². The summed E-state index contributed by atoms with van der Waals surface area (Å²) in [5, 5.41) is 23.0. The largest absolute Gasteiger partial charge is 0.504 e. The second-order valence-electron chi connectivity index (χ2n) is 5.92. The summed E-state index contributed by atoms with van der Waals surface area (Å²) in [7, 11) is 3.14. The molecule has 6 nitrogen and oxygen atoms in total. The molecule has 0 aliphatic carbocycles. The van der Waals surface area contributed by atoms with Crippen LogP contribution in [0.1, 0.15) is 22.7 Å². The minimum absolute atomic E-state index is 0.0257. The number of nitrogen functional groups attached to an aromatic ring is 1. The van der Waals surface area contributed by atoms with Crippen LogP contribution in [0.5, 0.6) is 23.0 Å². The van der Waals surface area contributed by atoms with E-state index in [4.69, 9.17) is 15.2 Å². The second-order valence-corrected chi connectivity index (χ2v) is 5.92. The van der Waals surface area contributed by atoms with Crippen molar-refractivity contribution < 1.29 is 19.7 Å². The molecule has 0 bridgehead atoms. The Kier molecular flexibility index (Phi) is 4.40. The molecule has 2 aromatic carbocycles. The van der Waals surface area contributed by atoms with Crippen molar-refractivity contribution in [3.63, 3.8) is 0 Å². The molecule has 0 radical (unpaired) electrons. The van der Waals surface area contributed by atoms with Gasteiger partial charge < -0.3 is 30.7 Å². The molecule has 5 N–H and O–H groups in total. The average molecular weight is 330 g/mol. The SMILES string of the molecule is COc1cc(C[C@@H]2NCCc3cc(O)c(O)cc32)cc(N)c1OC. The molecule has 0 saturated heterocycles. The Labute approximate surface area is 140 Å². The number of rotatable bonds is 4. The highest BCUT2D eigenvalue weighted by molar-refractivity contribution is 5.62. The summed E-state index contributed by atoms with van der Waals surface area (Å²) in [5.41, 5.74) is 9.62. The van der Waals surface area contributed by atoms with E-state index in [0.717, 1.165) is 29.7 Å². The third-order valence-corrected chi connectivity index (χ3v) is 4.40. The number of fused-ring (bicyclic) bond motifs is 1. The molecular formula is C18H22N2O4. The smallest absolute Gasteiger partial charge is 0.183 e. The number of phenols is 2. The van der Waals surface area contributed by atoms with Crippen LogP contribution in [-0.2, 0) is 12.8 Å². The van der Waals surface area contributed by atoms with Gasteiger partial charge in [-0.2, -0.15) is 0 Å². The molecule has 1 heterocycles. The highest BCUT2D eigenvalue weighted by Gasteiger charge is 2.23. The summed E-state index contributed by atoms with van der Waals surface area (Å²) in [5.74, 6) is 0.942. The van der Waals surface area contributed by atoms with Gasteiger partial charge in [0.15, 0.2) is 23.0 Å². The molecular weight excluding hydrogens is 308 g/mol. The minimum atomic E-state index is -0.103. The number of nitrogens with two attached hydrogens (primary N) is 1. The molecule has 24 heavy (non-hydrogen) atoms. The standard InChI is InChI=1S/C18H22N2O4/c1-23-17-7-10(5-13(19)18(17)24-2)6-14-12-9-16(22)15(21)8-11(12)3-4-20-14/h5,7-9,14,20-22H,3-4,6,19H2,1-2H3/t14-/m0/s1. The van der Waals surface area contributed by atoms with E-state index in [1.807, 2.05) is 12.1 Å². The van der Waals surface area contributed by atoms with Crippen LogP contribution in [0.2, 0.25) is 0 Å². The van der Waals surface area contributed by atoms with E-state index in [0.29, 0.717) is 23.6 Å². The molecule has 2 aromatic rings. The van der Waals surface area contributed by atoms with E-state index in [9.17, 15) is 10.2 Å². The molecule has 0 saturated carbocycles. The van der Waals surface area contributed by atoms with Gasteiger partial charge in [-0.15, -0.1) is 0 Å². The van der Waals surface area contributed by atoms with Crippen molar-refractivity contribution in [2.75, 3.05) is 26.5 Å². The fourth-order valence-corrected chi connectivity index (χ4v) is 3.26. The number of hydrogen-bond donors (Lipinski definition) is 4. The van der Waals surface area contributed by atoms with Gasteiger partial charge in [0.05, 0.1) is 19.9 Å². The van der Waals surface area contributed by atoms with Crippen molar-refractivity contribution in [3.05, 3.63) is 41.0 Å². The Bertz CT molecular complexity index is 761. The maximum absolute atomic E-state index is 9.82. The maximum Gasteiger partial charge on any atom is 0.183 e. The molecule has 0 aromatic heterocycles. The number of benzene rings is 2. The van der Waals surface area contributed by atoms with Crippen molar-refractivity contribution in [3.8, 4) is 23.0 Å². The number of aromatic hydroxyl groups is 2. The van der Waals surface area contributed by atoms with Gasteiger partial charge in [-0.25, -0.2) is 0 Å². The predicted molar refractivity (Wildman–Crippen MR) is 91.9 cm³/mol. The van der Waals surface area contributed by atoms with Gasteiger partial charge in [0.1, 0.15) is 0 Å². The quantitative estimate of drug-likeness (QED) is 0.506. The third kappa shape index (κ3) is 2.92. The number of nitrogens with one attached hydrogen (secondary N) is 1. The van der Waals surface area contributed by atoms with Crippen LogP contribution in [0.15, 0.2) is 24.3 Å². The first-order valence-electron chi connectivity index (χ1n) is 7.82. The van der Waals surface area contributed by atoms with Crippen molar-refractivity contribution in [2.24, 2.45) is 0 Å². The number of ether oxygens (including phenoxy) is 2. The summed E-state index contributed by atoms with van der Waals surface area (Å²) in [4.78, 5) is 0. The third-order valence-electron chi connectivity index (χ3n) is 4.40. The van der Waals surface area contributed by atoms with Crippen LogP contribution in [0.3, 0.4) is 0 Å². The highest BCUT2D eigenvalue weighted by atomic mass is 16.5. The molecule has 3 rings (SSSR count). The zero-order chi connectivity index (χ0) is 17.3. The Morgan fingerprint density at radius 2 is 1.88 bits per heavy atom. The van der Waals surface area contributed by atoms with E-state index in [1.165, 1.54) is 0 Å². The van der Waals surface area contributed by atoms with Crippen LogP contribution >= 0.6 is 0 Å². The second kappa shape index (κ2) is 6.49. The molecule has 0 fully saturated rings. The Morgan fingerprint density at radius 3 is 2.58 bits per heavy atom. The monoisotopic (exact) mass is 330 g/mol. The molecule has 1 aliphatic rings. The van der Waals surface area contributed by atoms with Crippen molar-refractivity contribution >= 4 is 5.69 Å². The molecule has 1 atom stereocenters. The Morgan fingerprint density at radius 1 is 1.12 bits per heavy atom. The lowest BCUT2D eigenvalue weighted by molar-refractivity contribution is 0.356. The summed E-state index contributed by atoms with van der Waals surface area (Å²) >= 11 is 0. The lowest BCUT2D eigenvalue weighted by atomic mass is 9.89. The average Bonchev–Trinajstić information content (AvgIpc) is 2.56. The van der Waals surface area contributed by atoms with Crippen LogP contribution in [0.25, 0.3) is 0 Å². The number of anilines is 1. The van der Waals surface area contributed by atoms with Crippen LogP contribution in [0, 0.1) is 0 Å². The van der Waals surface area contributed by atoms with Gasteiger partial charge in [-0.05, 0) is 60.3 Å². The van der Waals surface area contributed by atoms with Gasteiger partial charge in [-0.3, -0.25) is 0 Å². The normalized spacial score (nSPS) is 16.5. The van der Waals surface area contributed by atoms with Crippen LogP contribution in [-0.4, -0.2) is 31.0 Å². The first-order chi connectivity index (χ1) is 11.5. The molecule has 1 aliphatic heterocycles. The van der Waals surface area contributed by atoms with Crippen molar-refractivity contribution in [1.29, 1.82) is 0 Å². The van der Waals surface area contributed by atoms with E-state index < -0.39 is 0 Å². The maximum atomic E-state index is 9.82. The fraction of sp³-hybridized carbons (Fsp3) is 0.333. The minimum Gasteiger partial charge on any atom is -0.504 e. The van der Waals surface area contributed by atoms with E-state index in [1.54, 1.807) is 26.4 Å². The molecule has 0 spiro atoms. The van der Waals surface area contributed by atoms with Gasteiger partial charge in [0.2, 0.25) is 0 Å². The van der Waals surface area contributed by atoms with E-state index in [2.05, 4.69) is 5.32 Å². The lowest BCUT2D eigenvalue weighted by Crippen LogP contribution is -2.31. The summed E-state index contributed by atoms with van der Waals surface area (Å²) < 4.78 is 10.6. The molecule has 6 heteroatoms. The van der Waals surface area contributed by atoms with Gasteiger partial charge in [0.25, 0.3) is 0 Å². The first-order valence-corrected chi connectivity index (χ1v) is 7.82. The lowest BCUT2D eigenvalue weighted by Gasteiger charge is -2.28. The van der Waals surface area contributed by atoms with Crippen LogP contribution in [0.4, 0.5) is 5.69 Å². The summed E-state index contributed by atoms with van der Waals surface area (Å²) in [6.45, 7) is 0.810. The number of phenolic OH excluding ortho intramolecular Hbond substituents is 2. The number of methoxy groups -OCH3 is 2. The number of hydrogen-bond acceptors (Lipinski definition) is 6. The zero-order valence-electron chi connectivity index (χ0n) is 13.8. The Balaban J connectivity index is 1.93. The highest BCUT2D eigenvalue weighted by Crippen LogP contribution is 2.38. The Hall–Kier alpha value is -2.60. The van der Waals surface area contributed by atoms with Crippen molar-refractivity contribution in [1.82, 2.24) is 5.32 Å². The van der Waals surface area contributed by atoms with Gasteiger partial charge in [-0.1, -0.05) is 0 Å². The fourth-order valence-electron chi connectivity index (χ4n) is 3.26. The topological polar surface area (TPSA) is 97.0 Å². The molecule has 0 amide bonds. The van der Waals surface area contributed by atoms with Gasteiger partial charge >= 0.3 is 0 Å². The summed E-state index contributed by atoms with van der Waals surface area (Å²) in [6, 6.07) is 7.08. The molecule has 0 unspecified atom stereocenters. The molecule has 128 valence electrons. The van der Waals surface area contributed by atoms with Crippen LogP contribution < -0.4 is 20.5 Å². The zero-order valence-corrected chi connectivity index (χ0v) is 13.8. The first kappa shape index (κ1) is 16.3.